The van der Waals surface area contributed by atoms with Crippen molar-refractivity contribution < 1.29 is 9.53 Å². The number of nitrogens with two attached hydrogens (primary N) is 1. The molecule has 1 aromatic carbocycles. The zero-order chi connectivity index (χ0) is 14.4. The summed E-state index contributed by atoms with van der Waals surface area (Å²) in [6, 6.07) is 7.00. The van der Waals surface area contributed by atoms with Gasteiger partial charge in [-0.3, -0.25) is 15.3 Å². The lowest BCUT2D eigenvalue weighted by atomic mass is 10.1. The number of hydrazine groups is 1. The van der Waals surface area contributed by atoms with Crippen molar-refractivity contribution >= 4 is 17.3 Å². The number of aromatic nitrogens is 2. The van der Waals surface area contributed by atoms with E-state index in [0.717, 1.165) is 0 Å². The molecule has 2 rings (SSSR count). The van der Waals surface area contributed by atoms with Gasteiger partial charge in [-0.15, -0.1) is 0 Å². The minimum absolute atomic E-state index is 0.246. The van der Waals surface area contributed by atoms with E-state index in [0.29, 0.717) is 30.1 Å². The summed E-state index contributed by atoms with van der Waals surface area (Å²) < 4.78 is 6.67. The molecular weight excluding hydrogens is 258 g/mol. The number of nitrogens with one attached hydrogen (secondary N) is 2. The van der Waals surface area contributed by atoms with Crippen LogP contribution in [0, 0.1) is 0 Å². The number of nitrogens with zero attached hydrogens (tertiary/aromatic N) is 2. The molecule has 7 heteroatoms. The maximum atomic E-state index is 12.1. The maximum absolute atomic E-state index is 12.1. The van der Waals surface area contributed by atoms with E-state index < -0.39 is 0 Å². The molecule has 4 N–H and O–H groups in total. The van der Waals surface area contributed by atoms with Crippen LogP contribution in [0.4, 0.5) is 11.4 Å². The SMILES string of the molecule is COCCn1cc(NC(=O)c2ccccc2NN)cn1. The van der Waals surface area contributed by atoms with Gasteiger partial charge in [0.15, 0.2) is 0 Å². The topological polar surface area (TPSA) is 94.2 Å². The molecule has 0 spiro atoms. The lowest BCUT2D eigenvalue weighted by Gasteiger charge is -2.07. The average molecular weight is 275 g/mol. The number of carbonyl (C=O) groups excluding carboxylic acids is 1. The number of benzene rings is 1. The van der Waals surface area contributed by atoms with Crippen LogP contribution >= 0.6 is 0 Å². The number of nitrogen functional groups attached to an aromatic ring is 1. The Labute approximate surface area is 116 Å². The van der Waals surface area contributed by atoms with Gasteiger partial charge in [-0.1, -0.05) is 12.1 Å². The van der Waals surface area contributed by atoms with Crippen LogP contribution < -0.4 is 16.6 Å². The van der Waals surface area contributed by atoms with Gasteiger partial charge >= 0.3 is 0 Å². The second-order valence-corrected chi connectivity index (χ2v) is 4.13. The normalized spacial score (nSPS) is 10.3. The van der Waals surface area contributed by atoms with E-state index in [1.807, 2.05) is 0 Å². The number of carbonyl (C=O) groups is 1. The Morgan fingerprint density at radius 3 is 3.00 bits per heavy atom. The summed E-state index contributed by atoms with van der Waals surface area (Å²) >= 11 is 0. The van der Waals surface area contributed by atoms with E-state index in [-0.39, 0.29) is 5.91 Å². The molecule has 0 aliphatic heterocycles. The van der Waals surface area contributed by atoms with Crippen LogP contribution in [0.5, 0.6) is 0 Å². The van der Waals surface area contributed by atoms with Crippen molar-refractivity contribution in [2.24, 2.45) is 5.84 Å². The van der Waals surface area contributed by atoms with Crippen molar-refractivity contribution in [3.63, 3.8) is 0 Å². The highest BCUT2D eigenvalue weighted by Crippen LogP contribution is 2.15. The van der Waals surface area contributed by atoms with Gasteiger partial charge < -0.3 is 15.5 Å². The Morgan fingerprint density at radius 2 is 2.25 bits per heavy atom. The molecule has 20 heavy (non-hydrogen) atoms. The van der Waals surface area contributed by atoms with Gasteiger partial charge in [0.1, 0.15) is 0 Å². The molecule has 0 atom stereocenters. The molecule has 1 amide bonds. The predicted molar refractivity (Wildman–Crippen MR) is 76.3 cm³/mol. The van der Waals surface area contributed by atoms with Gasteiger partial charge in [-0.05, 0) is 12.1 Å². The number of anilines is 2. The summed E-state index contributed by atoms with van der Waals surface area (Å²) in [5.41, 5.74) is 4.16. The largest absolute Gasteiger partial charge is 0.383 e. The van der Waals surface area contributed by atoms with Crippen LogP contribution in [0.3, 0.4) is 0 Å². The molecule has 2 aromatic rings. The molecule has 1 heterocycles. The molecule has 0 radical (unpaired) electrons. The highest BCUT2D eigenvalue weighted by molar-refractivity contribution is 6.07. The molecule has 0 saturated heterocycles. The van der Waals surface area contributed by atoms with E-state index in [2.05, 4.69) is 15.8 Å². The fourth-order valence-electron chi connectivity index (χ4n) is 1.74. The number of ether oxygens (including phenoxy) is 1. The fourth-order valence-corrected chi connectivity index (χ4v) is 1.74. The van der Waals surface area contributed by atoms with Crippen molar-refractivity contribution in [3.8, 4) is 0 Å². The summed E-state index contributed by atoms with van der Waals surface area (Å²) in [5, 5.41) is 6.90. The van der Waals surface area contributed by atoms with Crippen LogP contribution in [0.1, 0.15) is 10.4 Å². The van der Waals surface area contributed by atoms with Gasteiger partial charge in [0.2, 0.25) is 0 Å². The number of methoxy groups -OCH3 is 1. The van der Waals surface area contributed by atoms with Crippen LogP contribution in [0.25, 0.3) is 0 Å². The summed E-state index contributed by atoms with van der Waals surface area (Å²) in [4.78, 5) is 12.1. The third-order valence-electron chi connectivity index (χ3n) is 2.74. The lowest BCUT2D eigenvalue weighted by molar-refractivity contribution is 0.102. The third kappa shape index (κ3) is 3.34. The molecule has 0 aliphatic rings. The summed E-state index contributed by atoms with van der Waals surface area (Å²) in [5.74, 6) is 5.13. The van der Waals surface area contributed by atoms with E-state index in [1.165, 1.54) is 0 Å². The monoisotopic (exact) mass is 275 g/mol. The van der Waals surface area contributed by atoms with Gasteiger partial charge in [0, 0.05) is 13.3 Å². The lowest BCUT2D eigenvalue weighted by Crippen LogP contribution is -2.16. The highest BCUT2D eigenvalue weighted by atomic mass is 16.5. The Morgan fingerprint density at radius 1 is 1.45 bits per heavy atom. The number of para-hydroxylation sites is 1. The smallest absolute Gasteiger partial charge is 0.257 e. The molecule has 7 nitrogen and oxygen atoms in total. The molecule has 106 valence electrons. The van der Waals surface area contributed by atoms with Crippen LogP contribution in [-0.2, 0) is 11.3 Å². The summed E-state index contributed by atoms with van der Waals surface area (Å²) in [6.07, 6.45) is 3.33. The standard InChI is InChI=1S/C13H17N5O2/c1-20-7-6-18-9-10(8-15-18)16-13(19)11-4-2-3-5-12(11)17-14/h2-5,8-9,17H,6-7,14H2,1H3,(H,16,19). The molecule has 1 aromatic heterocycles. The third-order valence-corrected chi connectivity index (χ3v) is 2.74. The van der Waals surface area contributed by atoms with E-state index in [9.17, 15) is 4.79 Å². The quantitative estimate of drug-likeness (QED) is 0.541. The number of hydrogen-bond acceptors (Lipinski definition) is 5. The predicted octanol–water partition coefficient (Wildman–Crippen LogP) is 1.07. The molecule has 0 saturated carbocycles. The fraction of sp³-hybridized carbons (Fsp3) is 0.231. The molecule has 0 aliphatic carbocycles. The first kappa shape index (κ1) is 14.0. The molecule has 0 bridgehead atoms. The first-order valence-electron chi connectivity index (χ1n) is 6.13. The van der Waals surface area contributed by atoms with Crippen molar-refractivity contribution in [1.82, 2.24) is 9.78 Å². The Hall–Kier alpha value is -2.38. The first-order valence-corrected chi connectivity index (χ1v) is 6.13. The van der Waals surface area contributed by atoms with Gasteiger partial charge in [0.25, 0.3) is 5.91 Å². The summed E-state index contributed by atoms with van der Waals surface area (Å²) in [7, 11) is 1.63. The highest BCUT2D eigenvalue weighted by Gasteiger charge is 2.11. The zero-order valence-corrected chi connectivity index (χ0v) is 11.2. The Bertz CT molecular complexity index is 582. The number of rotatable bonds is 6. The van der Waals surface area contributed by atoms with Crippen molar-refractivity contribution in [1.29, 1.82) is 0 Å². The van der Waals surface area contributed by atoms with Gasteiger partial charge in [0.05, 0.1) is 36.3 Å². The van der Waals surface area contributed by atoms with E-state index >= 15 is 0 Å². The molecular formula is C13H17N5O2. The number of hydrogen-bond donors (Lipinski definition) is 3. The van der Waals surface area contributed by atoms with Crippen LogP contribution in [0.2, 0.25) is 0 Å². The van der Waals surface area contributed by atoms with Crippen molar-refractivity contribution in [3.05, 3.63) is 42.2 Å². The van der Waals surface area contributed by atoms with Gasteiger partial charge in [-0.25, -0.2) is 0 Å². The average Bonchev–Trinajstić information content (AvgIpc) is 2.92. The Balaban J connectivity index is 2.05. The minimum atomic E-state index is -0.246. The second kappa shape index (κ2) is 6.69. The zero-order valence-electron chi connectivity index (χ0n) is 11.2. The minimum Gasteiger partial charge on any atom is -0.383 e. The van der Waals surface area contributed by atoms with E-state index in [4.69, 9.17) is 10.6 Å². The number of amides is 1. The first-order chi connectivity index (χ1) is 9.74. The second-order valence-electron chi connectivity index (χ2n) is 4.13. The van der Waals surface area contributed by atoms with Crippen molar-refractivity contribution in [2.45, 2.75) is 6.54 Å². The van der Waals surface area contributed by atoms with E-state index in [1.54, 1.807) is 48.5 Å². The van der Waals surface area contributed by atoms with Crippen LogP contribution in [-0.4, -0.2) is 29.4 Å². The maximum Gasteiger partial charge on any atom is 0.257 e. The van der Waals surface area contributed by atoms with Crippen molar-refractivity contribution in [2.75, 3.05) is 24.5 Å². The summed E-state index contributed by atoms with van der Waals surface area (Å²) in [6.45, 7) is 1.20. The molecule has 0 fully saturated rings. The van der Waals surface area contributed by atoms with Crippen LogP contribution in [0.15, 0.2) is 36.7 Å². The Kier molecular flexibility index (Phi) is 4.70. The molecule has 0 unspecified atom stereocenters. The van der Waals surface area contributed by atoms with Gasteiger partial charge in [-0.2, -0.15) is 5.10 Å².